The molecule has 1 saturated heterocycles. The highest BCUT2D eigenvalue weighted by Crippen LogP contribution is 2.46. The van der Waals surface area contributed by atoms with Crippen molar-refractivity contribution < 1.29 is 23.7 Å². The van der Waals surface area contributed by atoms with Crippen LogP contribution in [0.5, 0.6) is 23.0 Å². The third-order valence-electron chi connectivity index (χ3n) is 5.67. The van der Waals surface area contributed by atoms with Crippen LogP contribution in [0.1, 0.15) is 12.8 Å². The summed E-state index contributed by atoms with van der Waals surface area (Å²) < 4.78 is 22.8. The van der Waals surface area contributed by atoms with E-state index in [2.05, 4.69) is 6.07 Å². The Hall–Kier alpha value is -3.41. The molecule has 4 rings (SSSR count). The zero-order chi connectivity index (χ0) is 21.8. The average molecular weight is 421 g/mol. The Morgan fingerprint density at radius 1 is 0.806 bits per heavy atom. The standard InChI is InChI=1S/C25H27NO5/c1-28-22-13-11-20(24(29-2)25(22)30-3)18-10-12-21(19-8-5-4-7-17(18)19)31-16-15-26-14-6-9-23(26)27/h4-5,7-8,10-13H,6,9,14-16H2,1-3H3. The number of carbonyl (C=O) groups excluding carboxylic acids is 1. The number of carbonyl (C=O) groups is 1. The maximum absolute atomic E-state index is 11.8. The lowest BCUT2D eigenvalue weighted by Crippen LogP contribution is -2.29. The van der Waals surface area contributed by atoms with Gasteiger partial charge in [-0.1, -0.05) is 24.3 Å². The molecule has 1 aliphatic heterocycles. The molecule has 3 aromatic rings. The number of amides is 1. The number of rotatable bonds is 8. The Morgan fingerprint density at radius 2 is 1.52 bits per heavy atom. The van der Waals surface area contributed by atoms with Gasteiger partial charge in [-0.2, -0.15) is 0 Å². The van der Waals surface area contributed by atoms with Crippen LogP contribution in [0.2, 0.25) is 0 Å². The minimum atomic E-state index is 0.212. The van der Waals surface area contributed by atoms with Gasteiger partial charge in [0, 0.05) is 23.9 Å². The third kappa shape index (κ3) is 3.98. The molecule has 0 atom stereocenters. The highest BCUT2D eigenvalue weighted by Gasteiger charge is 2.21. The number of nitrogens with zero attached hydrogens (tertiary/aromatic N) is 1. The molecule has 6 heteroatoms. The normalized spacial score (nSPS) is 13.5. The topological polar surface area (TPSA) is 57.2 Å². The van der Waals surface area contributed by atoms with Gasteiger partial charge in [0.25, 0.3) is 0 Å². The smallest absolute Gasteiger partial charge is 0.222 e. The fourth-order valence-electron chi connectivity index (χ4n) is 4.15. The molecule has 1 amide bonds. The molecule has 0 N–H and O–H groups in total. The molecule has 1 heterocycles. The molecule has 6 nitrogen and oxygen atoms in total. The van der Waals surface area contributed by atoms with E-state index in [1.54, 1.807) is 21.3 Å². The number of likely N-dealkylation sites (tertiary alicyclic amines) is 1. The molecule has 31 heavy (non-hydrogen) atoms. The average Bonchev–Trinajstić information content (AvgIpc) is 3.22. The Bertz CT molecular complexity index is 1090. The molecule has 0 aromatic heterocycles. The summed E-state index contributed by atoms with van der Waals surface area (Å²) in [6.45, 7) is 1.90. The van der Waals surface area contributed by atoms with Crippen LogP contribution < -0.4 is 18.9 Å². The Morgan fingerprint density at radius 3 is 2.19 bits per heavy atom. The van der Waals surface area contributed by atoms with E-state index in [4.69, 9.17) is 18.9 Å². The molecule has 1 aliphatic rings. The van der Waals surface area contributed by atoms with E-state index < -0.39 is 0 Å². The van der Waals surface area contributed by atoms with Crippen molar-refractivity contribution in [3.8, 4) is 34.1 Å². The van der Waals surface area contributed by atoms with Crippen molar-refractivity contribution >= 4 is 16.7 Å². The van der Waals surface area contributed by atoms with Crippen LogP contribution in [0, 0.1) is 0 Å². The summed E-state index contributed by atoms with van der Waals surface area (Å²) in [5.74, 6) is 2.80. The van der Waals surface area contributed by atoms with Crippen LogP contribution >= 0.6 is 0 Å². The lowest BCUT2D eigenvalue weighted by Gasteiger charge is -2.19. The zero-order valence-electron chi connectivity index (χ0n) is 18.1. The zero-order valence-corrected chi connectivity index (χ0v) is 18.1. The first kappa shape index (κ1) is 20.8. The monoisotopic (exact) mass is 421 g/mol. The minimum Gasteiger partial charge on any atom is -0.493 e. The van der Waals surface area contributed by atoms with Gasteiger partial charge in [0.15, 0.2) is 11.5 Å². The van der Waals surface area contributed by atoms with E-state index in [0.29, 0.717) is 36.8 Å². The molecule has 0 saturated carbocycles. The summed E-state index contributed by atoms with van der Waals surface area (Å²) in [7, 11) is 4.83. The molecule has 0 unspecified atom stereocenters. The molecule has 0 bridgehead atoms. The summed E-state index contributed by atoms with van der Waals surface area (Å²) in [5.41, 5.74) is 1.92. The molecule has 1 fully saturated rings. The van der Waals surface area contributed by atoms with Crippen LogP contribution in [-0.4, -0.2) is 51.8 Å². The largest absolute Gasteiger partial charge is 0.493 e. The third-order valence-corrected chi connectivity index (χ3v) is 5.67. The van der Waals surface area contributed by atoms with Gasteiger partial charge >= 0.3 is 0 Å². The van der Waals surface area contributed by atoms with Crippen molar-refractivity contribution in [1.82, 2.24) is 4.90 Å². The predicted molar refractivity (Wildman–Crippen MR) is 120 cm³/mol. The van der Waals surface area contributed by atoms with Crippen molar-refractivity contribution in [3.63, 3.8) is 0 Å². The second kappa shape index (κ2) is 9.16. The molecule has 3 aromatic carbocycles. The fraction of sp³-hybridized carbons (Fsp3) is 0.320. The number of fused-ring (bicyclic) bond motifs is 1. The van der Waals surface area contributed by atoms with E-state index >= 15 is 0 Å². The highest BCUT2D eigenvalue weighted by molar-refractivity contribution is 6.01. The van der Waals surface area contributed by atoms with Gasteiger partial charge in [0.05, 0.1) is 27.9 Å². The van der Waals surface area contributed by atoms with E-state index in [-0.39, 0.29) is 5.91 Å². The van der Waals surface area contributed by atoms with Crippen molar-refractivity contribution in [2.75, 3.05) is 41.0 Å². The van der Waals surface area contributed by atoms with E-state index in [0.717, 1.165) is 40.6 Å². The van der Waals surface area contributed by atoms with Crippen molar-refractivity contribution in [2.24, 2.45) is 0 Å². The van der Waals surface area contributed by atoms with E-state index in [1.807, 2.05) is 47.4 Å². The summed E-state index contributed by atoms with van der Waals surface area (Å²) >= 11 is 0. The predicted octanol–water partition coefficient (Wildman–Crippen LogP) is 4.53. The van der Waals surface area contributed by atoms with Crippen LogP contribution in [0.15, 0.2) is 48.5 Å². The van der Waals surface area contributed by atoms with E-state index in [1.165, 1.54) is 0 Å². The van der Waals surface area contributed by atoms with Gasteiger partial charge in [0.1, 0.15) is 12.4 Å². The summed E-state index contributed by atoms with van der Waals surface area (Å²) in [6.07, 6.45) is 1.58. The first-order valence-corrected chi connectivity index (χ1v) is 10.4. The Kier molecular flexibility index (Phi) is 6.16. The number of hydrogen-bond donors (Lipinski definition) is 0. The van der Waals surface area contributed by atoms with Gasteiger partial charge < -0.3 is 23.8 Å². The first-order chi connectivity index (χ1) is 15.2. The number of hydrogen-bond acceptors (Lipinski definition) is 5. The molecular weight excluding hydrogens is 394 g/mol. The molecule has 0 aliphatic carbocycles. The summed E-state index contributed by atoms with van der Waals surface area (Å²) in [6, 6.07) is 16.0. The second-order valence-electron chi connectivity index (χ2n) is 7.37. The maximum atomic E-state index is 11.8. The van der Waals surface area contributed by atoms with Crippen molar-refractivity contribution in [2.45, 2.75) is 12.8 Å². The minimum absolute atomic E-state index is 0.212. The van der Waals surface area contributed by atoms with Crippen LogP contribution in [0.3, 0.4) is 0 Å². The molecular formula is C25H27NO5. The summed E-state index contributed by atoms with van der Waals surface area (Å²) in [4.78, 5) is 13.7. The van der Waals surface area contributed by atoms with Crippen LogP contribution in [0.4, 0.5) is 0 Å². The molecule has 162 valence electrons. The summed E-state index contributed by atoms with van der Waals surface area (Å²) in [5, 5.41) is 2.05. The van der Waals surface area contributed by atoms with E-state index in [9.17, 15) is 4.79 Å². The van der Waals surface area contributed by atoms with Gasteiger partial charge in [-0.25, -0.2) is 0 Å². The molecule has 0 radical (unpaired) electrons. The quantitative estimate of drug-likeness (QED) is 0.535. The first-order valence-electron chi connectivity index (χ1n) is 10.4. The van der Waals surface area contributed by atoms with Crippen LogP contribution in [0.25, 0.3) is 21.9 Å². The van der Waals surface area contributed by atoms with Crippen LogP contribution in [-0.2, 0) is 4.79 Å². The SMILES string of the molecule is COc1ccc(-c2ccc(OCCN3CCCC3=O)c3ccccc23)c(OC)c1OC. The number of benzene rings is 3. The maximum Gasteiger partial charge on any atom is 0.222 e. The molecule has 0 spiro atoms. The van der Waals surface area contributed by atoms with Gasteiger partial charge in [0.2, 0.25) is 11.7 Å². The van der Waals surface area contributed by atoms with Gasteiger partial charge in [-0.05, 0) is 41.6 Å². The highest BCUT2D eigenvalue weighted by atomic mass is 16.5. The lowest BCUT2D eigenvalue weighted by molar-refractivity contribution is -0.128. The van der Waals surface area contributed by atoms with Crippen molar-refractivity contribution in [3.05, 3.63) is 48.5 Å². The van der Waals surface area contributed by atoms with Gasteiger partial charge in [-0.15, -0.1) is 0 Å². The Balaban J connectivity index is 1.69. The van der Waals surface area contributed by atoms with Crippen molar-refractivity contribution in [1.29, 1.82) is 0 Å². The second-order valence-corrected chi connectivity index (χ2v) is 7.37. The fourth-order valence-corrected chi connectivity index (χ4v) is 4.15. The lowest BCUT2D eigenvalue weighted by atomic mass is 9.96. The Labute approximate surface area is 182 Å². The number of methoxy groups -OCH3 is 3. The van der Waals surface area contributed by atoms with Gasteiger partial charge in [-0.3, -0.25) is 4.79 Å². The number of ether oxygens (including phenoxy) is 4.